The largest absolute Gasteiger partial charge is 0.501 e. The second-order valence-corrected chi connectivity index (χ2v) is 8.86. The van der Waals surface area contributed by atoms with E-state index in [9.17, 15) is 4.79 Å². The van der Waals surface area contributed by atoms with Crippen LogP contribution in [0.5, 0.6) is 0 Å². The van der Waals surface area contributed by atoms with E-state index in [-0.39, 0.29) is 5.41 Å². The quantitative estimate of drug-likeness (QED) is 0.752. The normalized spacial score (nSPS) is 49.7. The first-order valence-corrected chi connectivity index (χ1v) is 8.28. The number of ether oxygens (including phenoxy) is 1. The minimum atomic E-state index is -0.0462. The lowest BCUT2D eigenvalue weighted by Gasteiger charge is -2.64. The fourth-order valence-corrected chi connectivity index (χ4v) is 6.77. The number of allylic oxidation sites excluding steroid dienone is 1. The molecule has 0 radical (unpaired) electrons. The summed E-state index contributed by atoms with van der Waals surface area (Å²) in [6, 6.07) is 0. The lowest BCUT2D eigenvalue weighted by Crippen LogP contribution is -2.57. The SMILES string of the molecule is CC12CC3CC(C)(C1)CC(C(=O)C1=COCCC1)(C3)C2. The van der Waals surface area contributed by atoms with Crippen LogP contribution in [0.4, 0.5) is 0 Å². The van der Waals surface area contributed by atoms with Crippen LogP contribution in [0.15, 0.2) is 11.8 Å². The van der Waals surface area contributed by atoms with Crippen molar-refractivity contribution >= 4 is 5.78 Å². The molecule has 110 valence electrons. The monoisotopic (exact) mass is 274 g/mol. The van der Waals surface area contributed by atoms with E-state index in [1.54, 1.807) is 6.26 Å². The van der Waals surface area contributed by atoms with E-state index in [4.69, 9.17) is 4.74 Å². The lowest BCUT2D eigenvalue weighted by atomic mass is 9.39. The Morgan fingerprint density at radius 1 is 1.15 bits per heavy atom. The van der Waals surface area contributed by atoms with Gasteiger partial charge in [0, 0.05) is 11.0 Å². The Morgan fingerprint density at radius 3 is 2.40 bits per heavy atom. The Morgan fingerprint density at radius 2 is 1.85 bits per heavy atom. The van der Waals surface area contributed by atoms with Gasteiger partial charge in [-0.1, -0.05) is 13.8 Å². The topological polar surface area (TPSA) is 26.3 Å². The molecule has 4 bridgehead atoms. The van der Waals surface area contributed by atoms with Gasteiger partial charge in [0.25, 0.3) is 0 Å². The number of hydrogen-bond acceptors (Lipinski definition) is 2. The molecule has 2 heteroatoms. The summed E-state index contributed by atoms with van der Waals surface area (Å²) in [5.74, 6) is 1.23. The molecule has 4 aliphatic carbocycles. The molecule has 2 unspecified atom stereocenters. The van der Waals surface area contributed by atoms with Crippen LogP contribution in [0.2, 0.25) is 0 Å². The van der Waals surface area contributed by atoms with Gasteiger partial charge in [0.2, 0.25) is 0 Å². The summed E-state index contributed by atoms with van der Waals surface area (Å²) in [5, 5.41) is 0. The van der Waals surface area contributed by atoms with Gasteiger partial charge in [0.05, 0.1) is 12.9 Å². The van der Waals surface area contributed by atoms with Gasteiger partial charge in [-0.15, -0.1) is 0 Å². The molecule has 1 heterocycles. The average Bonchev–Trinajstić information content (AvgIpc) is 2.34. The molecule has 1 aliphatic heterocycles. The minimum Gasteiger partial charge on any atom is -0.501 e. The summed E-state index contributed by atoms with van der Waals surface area (Å²) in [5.41, 5.74) is 1.76. The highest BCUT2D eigenvalue weighted by Crippen LogP contribution is 2.70. The second kappa shape index (κ2) is 3.90. The van der Waals surface area contributed by atoms with Crippen molar-refractivity contribution in [2.24, 2.45) is 22.2 Å². The summed E-state index contributed by atoms with van der Waals surface area (Å²) in [6.07, 6.45) is 11.2. The maximum atomic E-state index is 13.2. The Kier molecular flexibility index (Phi) is 2.52. The molecule has 2 nitrogen and oxygen atoms in total. The van der Waals surface area contributed by atoms with E-state index in [1.807, 2.05) is 0 Å². The predicted molar refractivity (Wildman–Crippen MR) is 78.1 cm³/mol. The molecule has 4 saturated carbocycles. The van der Waals surface area contributed by atoms with Crippen molar-refractivity contribution in [3.8, 4) is 0 Å². The number of carbonyl (C=O) groups excluding carboxylic acids is 1. The molecule has 5 rings (SSSR count). The van der Waals surface area contributed by atoms with Crippen molar-refractivity contribution in [1.29, 1.82) is 0 Å². The van der Waals surface area contributed by atoms with Crippen molar-refractivity contribution in [1.82, 2.24) is 0 Å². The van der Waals surface area contributed by atoms with Crippen LogP contribution in [0.3, 0.4) is 0 Å². The van der Waals surface area contributed by atoms with Crippen molar-refractivity contribution < 1.29 is 9.53 Å². The van der Waals surface area contributed by atoms with Gasteiger partial charge in [-0.2, -0.15) is 0 Å². The highest BCUT2D eigenvalue weighted by molar-refractivity contribution is 6.00. The van der Waals surface area contributed by atoms with E-state index in [1.165, 1.54) is 19.3 Å². The molecule has 0 spiro atoms. The number of rotatable bonds is 2. The molecule has 2 atom stereocenters. The van der Waals surface area contributed by atoms with E-state index in [0.29, 0.717) is 16.6 Å². The zero-order valence-corrected chi connectivity index (χ0v) is 12.8. The summed E-state index contributed by atoms with van der Waals surface area (Å²) in [7, 11) is 0. The fraction of sp³-hybridized carbons (Fsp3) is 0.833. The predicted octanol–water partition coefficient (Wildman–Crippen LogP) is 4.25. The average molecular weight is 274 g/mol. The molecular formula is C18H26O2. The third-order valence-corrected chi connectivity index (χ3v) is 6.33. The standard InChI is InChI=1S/C18H26O2/c1-16-6-13-7-17(2,10-16)12-18(8-13,11-16)15(19)14-4-3-5-20-9-14/h9,13H,3-8,10-12H2,1-2H3. The molecule has 5 aliphatic rings. The molecule has 0 aromatic rings. The van der Waals surface area contributed by atoms with Crippen LogP contribution in [-0.2, 0) is 9.53 Å². The number of Topliss-reactive ketones (excluding diaryl/α,β-unsaturated/α-hetero) is 1. The molecule has 4 fully saturated rings. The van der Waals surface area contributed by atoms with Gasteiger partial charge in [0.15, 0.2) is 5.78 Å². The molecule has 0 aromatic carbocycles. The van der Waals surface area contributed by atoms with Gasteiger partial charge in [-0.05, 0) is 68.1 Å². The highest BCUT2D eigenvalue weighted by Gasteiger charge is 2.62. The van der Waals surface area contributed by atoms with Crippen molar-refractivity contribution in [3.63, 3.8) is 0 Å². The zero-order chi connectivity index (χ0) is 14.0. The Labute approximate surface area is 122 Å². The van der Waals surface area contributed by atoms with Gasteiger partial charge in [0.1, 0.15) is 0 Å². The summed E-state index contributed by atoms with van der Waals surface area (Å²) < 4.78 is 5.43. The van der Waals surface area contributed by atoms with E-state index < -0.39 is 0 Å². The van der Waals surface area contributed by atoms with Gasteiger partial charge < -0.3 is 4.74 Å². The van der Waals surface area contributed by atoms with E-state index in [2.05, 4.69) is 13.8 Å². The van der Waals surface area contributed by atoms with Gasteiger partial charge in [-0.25, -0.2) is 0 Å². The number of ketones is 1. The number of hydrogen-bond donors (Lipinski definition) is 0. The molecule has 0 N–H and O–H groups in total. The Hall–Kier alpha value is -0.790. The summed E-state index contributed by atoms with van der Waals surface area (Å²) >= 11 is 0. The van der Waals surface area contributed by atoms with Crippen LogP contribution in [0, 0.1) is 22.2 Å². The Bertz CT molecular complexity index is 472. The van der Waals surface area contributed by atoms with Crippen molar-refractivity contribution in [2.45, 2.75) is 65.2 Å². The molecule has 0 saturated heterocycles. The fourth-order valence-electron chi connectivity index (χ4n) is 6.77. The van der Waals surface area contributed by atoms with Crippen LogP contribution < -0.4 is 0 Å². The van der Waals surface area contributed by atoms with Crippen LogP contribution in [0.25, 0.3) is 0 Å². The van der Waals surface area contributed by atoms with E-state index >= 15 is 0 Å². The van der Waals surface area contributed by atoms with Crippen LogP contribution >= 0.6 is 0 Å². The second-order valence-electron chi connectivity index (χ2n) is 8.86. The van der Waals surface area contributed by atoms with Crippen molar-refractivity contribution in [3.05, 3.63) is 11.8 Å². The maximum Gasteiger partial charge on any atom is 0.168 e. The summed E-state index contributed by atoms with van der Waals surface area (Å²) in [4.78, 5) is 13.2. The third-order valence-electron chi connectivity index (χ3n) is 6.33. The molecular weight excluding hydrogens is 248 g/mol. The molecule has 0 aromatic heterocycles. The van der Waals surface area contributed by atoms with Gasteiger partial charge in [-0.3, -0.25) is 4.79 Å². The lowest BCUT2D eigenvalue weighted by molar-refractivity contribution is -0.165. The first-order chi connectivity index (χ1) is 9.42. The zero-order valence-electron chi connectivity index (χ0n) is 12.8. The highest BCUT2D eigenvalue weighted by atomic mass is 16.5. The Balaban J connectivity index is 1.70. The first-order valence-electron chi connectivity index (χ1n) is 8.28. The van der Waals surface area contributed by atoms with E-state index in [0.717, 1.165) is 50.2 Å². The first kappa shape index (κ1) is 12.9. The van der Waals surface area contributed by atoms with Gasteiger partial charge >= 0.3 is 0 Å². The summed E-state index contributed by atoms with van der Waals surface area (Å²) in [6.45, 7) is 5.65. The molecule has 20 heavy (non-hydrogen) atoms. The third kappa shape index (κ3) is 1.79. The molecule has 0 amide bonds. The number of carbonyl (C=O) groups is 1. The maximum absolute atomic E-state index is 13.2. The van der Waals surface area contributed by atoms with Crippen molar-refractivity contribution in [2.75, 3.05) is 6.61 Å². The minimum absolute atomic E-state index is 0.0462. The van der Waals surface area contributed by atoms with Crippen LogP contribution in [-0.4, -0.2) is 12.4 Å². The van der Waals surface area contributed by atoms with Crippen LogP contribution in [0.1, 0.15) is 65.2 Å². The smallest absolute Gasteiger partial charge is 0.168 e.